The van der Waals surface area contributed by atoms with Crippen LogP contribution in [-0.4, -0.2) is 19.9 Å². The van der Waals surface area contributed by atoms with Crippen LogP contribution in [0.5, 0.6) is 0 Å². The summed E-state index contributed by atoms with van der Waals surface area (Å²) in [6, 6.07) is 121. The van der Waals surface area contributed by atoms with Crippen LogP contribution in [-0.2, 0) is 21.7 Å². The molecule has 0 radical (unpaired) electrons. The van der Waals surface area contributed by atoms with Crippen molar-refractivity contribution in [2.24, 2.45) is 0 Å². The van der Waals surface area contributed by atoms with E-state index in [0.717, 1.165) is 112 Å². The van der Waals surface area contributed by atoms with Gasteiger partial charge in [0.1, 0.15) is 0 Å². The van der Waals surface area contributed by atoms with Gasteiger partial charge in [0.25, 0.3) is 0 Å². The lowest BCUT2D eigenvalue weighted by molar-refractivity contribution is 0.591. The molecule has 3 aromatic heterocycles. The van der Waals surface area contributed by atoms with Gasteiger partial charge in [-0.15, -0.1) is 0 Å². The molecule has 5 heterocycles. The second-order valence-corrected chi connectivity index (χ2v) is 40.7. The van der Waals surface area contributed by atoms with Gasteiger partial charge in [0, 0.05) is 44.3 Å². The lowest BCUT2D eigenvalue weighted by Crippen LogP contribution is -2.10. The Bertz CT molecular complexity index is 7600. The summed E-state index contributed by atoms with van der Waals surface area (Å²) >= 11 is 0. The van der Waals surface area contributed by atoms with Crippen molar-refractivity contribution in [1.29, 1.82) is 0 Å². The monoisotopic (exact) mass is 1640 g/mol. The zero-order valence-corrected chi connectivity index (χ0v) is 74.2. The molecule has 0 aliphatic carbocycles. The van der Waals surface area contributed by atoms with Crippen LogP contribution in [0, 0.1) is 0 Å². The Labute approximate surface area is 744 Å². The molecule has 128 heavy (non-hydrogen) atoms. The van der Waals surface area contributed by atoms with Gasteiger partial charge in [0.2, 0.25) is 0 Å². The Balaban J connectivity index is 0.675. The maximum absolute atomic E-state index is 5.90. The highest BCUT2D eigenvalue weighted by molar-refractivity contribution is 6.28. The summed E-state index contributed by atoms with van der Waals surface area (Å²) in [6.07, 6.45) is 8.90. The molecule has 0 saturated heterocycles. The van der Waals surface area contributed by atoms with Gasteiger partial charge in [0.15, 0.2) is 0 Å². The first-order chi connectivity index (χ1) is 61.8. The number of hydrogen-bond donors (Lipinski definition) is 2. The van der Waals surface area contributed by atoms with Crippen LogP contribution in [0.25, 0.3) is 265 Å². The van der Waals surface area contributed by atoms with Gasteiger partial charge >= 0.3 is 0 Å². The van der Waals surface area contributed by atoms with Crippen molar-refractivity contribution >= 4 is 176 Å². The lowest BCUT2D eigenvalue weighted by atomic mass is 9.83. The van der Waals surface area contributed by atoms with E-state index in [-0.39, 0.29) is 21.7 Å². The SMILES string of the molecule is CC(C)(C)c1cc2ccc3cc(-c4ccc(-c5c6nc(c(-c7ccc(-c8cc9ccc%10cc(C(C)(C)C)cc%11ccc(c8)c9c%10%11)cc7)c7ccc([nH]7)c(-c7ccc(-c8cc9ccc%10cc(C(C)(C)C)cc%11ccc(c8)c9c%10%11)cc7)c7nc(c(-c8ccc(-c9cc%10ccc%11cc(C(C)(C)C)cc%12ccc(c9)c%10c%11%12)cc8)c8ccc5[nH]8)C=C7)C=C6)cc4)cc4ccc(c1)c2c34. The minimum atomic E-state index is 0.0379. The predicted octanol–water partition coefficient (Wildman–Crippen LogP) is 34.8. The van der Waals surface area contributed by atoms with E-state index < -0.39 is 0 Å². The molecule has 4 heteroatoms. The average Bonchev–Trinajstić information content (AvgIpc) is 0.762. The van der Waals surface area contributed by atoms with Gasteiger partial charge in [-0.1, -0.05) is 326 Å². The van der Waals surface area contributed by atoms with Crippen molar-refractivity contribution in [3.05, 3.63) is 360 Å². The molecule has 25 rings (SSSR count). The second-order valence-electron chi connectivity index (χ2n) is 40.7. The molecule has 0 fully saturated rings. The summed E-state index contributed by atoms with van der Waals surface area (Å²) in [5.41, 5.74) is 30.1. The number of H-pyrrole nitrogens is 2. The van der Waals surface area contributed by atoms with Crippen LogP contribution >= 0.6 is 0 Å². The highest BCUT2D eigenvalue weighted by Gasteiger charge is 2.27. The quantitative estimate of drug-likeness (QED) is 0.149. The number of nitrogens with zero attached hydrogens (tertiary/aromatic N) is 2. The minimum absolute atomic E-state index is 0.0379. The molecule has 610 valence electrons. The summed E-state index contributed by atoms with van der Waals surface area (Å²) < 4.78 is 0. The number of aromatic nitrogens is 4. The first-order valence-electron chi connectivity index (χ1n) is 45.3. The highest BCUT2D eigenvalue weighted by atomic mass is 14.8. The normalized spacial score (nSPS) is 13.1. The average molecular weight is 1640 g/mol. The van der Waals surface area contributed by atoms with Crippen LogP contribution in [0.1, 0.15) is 128 Å². The molecule has 23 aromatic rings. The van der Waals surface area contributed by atoms with Crippen molar-refractivity contribution in [3.8, 4) is 89.0 Å². The Morgan fingerprint density at radius 3 is 0.445 bits per heavy atom. The van der Waals surface area contributed by atoms with Gasteiger partial charge < -0.3 is 9.97 Å². The third-order valence-corrected chi connectivity index (χ3v) is 28.4. The Morgan fingerprint density at radius 2 is 0.297 bits per heavy atom. The van der Waals surface area contributed by atoms with Crippen molar-refractivity contribution < 1.29 is 0 Å². The molecule has 0 unspecified atom stereocenters. The number of benzene rings is 20. The van der Waals surface area contributed by atoms with Crippen LogP contribution in [0.3, 0.4) is 0 Å². The largest absolute Gasteiger partial charge is 0.354 e. The molecule has 2 aliphatic rings. The molecular weight excluding hydrogens is 1550 g/mol. The van der Waals surface area contributed by atoms with E-state index in [1.54, 1.807) is 0 Å². The lowest BCUT2D eigenvalue weighted by Gasteiger charge is -2.21. The molecule has 2 aliphatic heterocycles. The molecule has 2 N–H and O–H groups in total. The predicted molar refractivity (Wildman–Crippen MR) is 552 cm³/mol. The molecule has 4 nitrogen and oxygen atoms in total. The third kappa shape index (κ3) is 12.2. The first-order valence-corrected chi connectivity index (χ1v) is 45.3. The fraction of sp³-hybridized carbons (Fsp3) is 0.129. The molecule has 0 amide bonds. The second kappa shape index (κ2) is 27.3. The minimum Gasteiger partial charge on any atom is -0.354 e. The van der Waals surface area contributed by atoms with Crippen molar-refractivity contribution in [3.63, 3.8) is 0 Å². The summed E-state index contributed by atoms with van der Waals surface area (Å²) in [5, 5.41) is 30.9. The van der Waals surface area contributed by atoms with E-state index in [2.05, 4.69) is 433 Å². The van der Waals surface area contributed by atoms with E-state index in [9.17, 15) is 0 Å². The van der Waals surface area contributed by atoms with Gasteiger partial charge in [-0.25, -0.2) is 9.97 Å². The molecule has 8 bridgehead atoms. The van der Waals surface area contributed by atoms with Crippen molar-refractivity contribution in [2.45, 2.75) is 105 Å². The molecule has 0 spiro atoms. The Morgan fingerprint density at radius 1 is 0.156 bits per heavy atom. The molecule has 0 saturated carbocycles. The highest BCUT2D eigenvalue weighted by Crippen LogP contribution is 2.49. The standard InChI is InChI=1S/C124H94N4/c1-121(2,3)97-61-85-37-29-77-53-93(54-78-30-38-86(62-97)113(85)109(77)78)69-13-21-73(22-14-69)117-101-45-47-103(125-101)118(74-23-15-70(16-24-74)94-55-79-31-39-87-63-98(122(4,5)6)64-88-40-32-80(56-94)110(79)114(87)88)105-49-51-107(127-105)120(76-27-19-72(20-28-76)96-59-83-35-43-91-67-100(124(10,11)12)68-92-44-36-84(60-96)112(83)116(91)92)108-52-50-106(128-108)119(104-48-46-102(117)126-104)75-25-17-71(18-26-75)95-57-81-33-41-89-65-99(123(7,8)9)66-90-42-34-82(58-95)111(81)115(89)90/h13-68,125,128H,1-12H3. The van der Waals surface area contributed by atoms with E-state index >= 15 is 0 Å². The summed E-state index contributed by atoms with van der Waals surface area (Å²) in [5.74, 6) is 0. The van der Waals surface area contributed by atoms with Gasteiger partial charge in [-0.05, 0) is 337 Å². The van der Waals surface area contributed by atoms with Gasteiger partial charge in [0.05, 0.1) is 22.8 Å². The van der Waals surface area contributed by atoms with Crippen molar-refractivity contribution in [1.82, 2.24) is 19.9 Å². The topological polar surface area (TPSA) is 57.4 Å². The summed E-state index contributed by atoms with van der Waals surface area (Å²) in [7, 11) is 0. The summed E-state index contributed by atoms with van der Waals surface area (Å²) in [6.45, 7) is 27.7. The smallest absolute Gasteiger partial charge is 0.0737 e. The fourth-order valence-electron chi connectivity index (χ4n) is 21.5. The van der Waals surface area contributed by atoms with Crippen LogP contribution in [0.15, 0.2) is 315 Å². The number of aromatic amines is 2. The van der Waals surface area contributed by atoms with Gasteiger partial charge in [-0.3, -0.25) is 0 Å². The first kappa shape index (κ1) is 75.7. The number of fused-ring (bicyclic) bond motifs is 8. The maximum Gasteiger partial charge on any atom is 0.0737 e. The zero-order valence-electron chi connectivity index (χ0n) is 74.2. The van der Waals surface area contributed by atoms with Crippen molar-refractivity contribution in [2.75, 3.05) is 0 Å². The summed E-state index contributed by atoms with van der Waals surface area (Å²) in [4.78, 5) is 20.0. The van der Waals surface area contributed by atoms with Gasteiger partial charge in [-0.2, -0.15) is 0 Å². The van der Waals surface area contributed by atoms with E-state index in [4.69, 9.17) is 9.97 Å². The number of nitrogens with one attached hydrogen (secondary N) is 2. The molecule has 20 aromatic carbocycles. The maximum atomic E-state index is 5.90. The van der Waals surface area contributed by atoms with E-state index in [1.165, 1.54) is 174 Å². The number of hydrogen-bond acceptors (Lipinski definition) is 2. The number of rotatable bonds is 8. The van der Waals surface area contributed by atoms with Crippen LogP contribution in [0.2, 0.25) is 0 Å². The Kier molecular flexibility index (Phi) is 16.2. The molecule has 0 atom stereocenters. The Hall–Kier alpha value is -14.8. The zero-order chi connectivity index (χ0) is 86.4. The van der Waals surface area contributed by atoms with E-state index in [0.29, 0.717) is 0 Å². The van der Waals surface area contributed by atoms with Crippen LogP contribution in [0.4, 0.5) is 0 Å². The van der Waals surface area contributed by atoms with E-state index in [1.807, 2.05) is 0 Å². The fourth-order valence-corrected chi connectivity index (χ4v) is 21.5. The molecular formula is C124H94N4. The van der Waals surface area contributed by atoms with Crippen LogP contribution < -0.4 is 0 Å². The third-order valence-electron chi connectivity index (χ3n) is 28.4.